The molecule has 2 heterocycles. The number of unbranched alkanes of at least 4 members (excludes halogenated alkanes) is 6. The summed E-state index contributed by atoms with van der Waals surface area (Å²) >= 11 is 0. The number of hydrogen-bond donors (Lipinski definition) is 1. The molecular weight excluding hydrogens is 246 g/mol. The summed E-state index contributed by atoms with van der Waals surface area (Å²) < 4.78 is 1.90. The van der Waals surface area contributed by atoms with E-state index in [0.717, 1.165) is 11.9 Å². The van der Waals surface area contributed by atoms with E-state index < -0.39 is 0 Å². The third kappa shape index (κ3) is 4.07. The molecule has 2 rings (SSSR count). The van der Waals surface area contributed by atoms with Gasteiger partial charge in [0.05, 0.1) is 11.7 Å². The average molecular weight is 273 g/mol. The van der Waals surface area contributed by atoms with Gasteiger partial charge in [0.2, 0.25) is 0 Å². The first kappa shape index (κ1) is 15.0. The van der Waals surface area contributed by atoms with Crippen molar-refractivity contribution < 1.29 is 0 Å². The lowest BCUT2D eigenvalue weighted by Gasteiger charge is -2.10. The molecule has 110 valence electrons. The fourth-order valence-corrected chi connectivity index (χ4v) is 2.72. The lowest BCUT2D eigenvalue weighted by molar-refractivity contribution is 0.542. The predicted octanol–water partition coefficient (Wildman–Crippen LogP) is 4.47. The fraction of sp³-hybridized carbons (Fsp3) is 0.588. The summed E-state index contributed by atoms with van der Waals surface area (Å²) in [5, 5.41) is 4.35. The Morgan fingerprint density at radius 3 is 2.65 bits per heavy atom. The van der Waals surface area contributed by atoms with Gasteiger partial charge in [-0.15, -0.1) is 0 Å². The summed E-state index contributed by atoms with van der Waals surface area (Å²) in [6.45, 7) is 2.26. The van der Waals surface area contributed by atoms with Gasteiger partial charge in [0.25, 0.3) is 0 Å². The van der Waals surface area contributed by atoms with Crippen molar-refractivity contribution in [3.63, 3.8) is 0 Å². The summed E-state index contributed by atoms with van der Waals surface area (Å²) in [5.74, 6) is 0. The van der Waals surface area contributed by atoms with E-state index in [0.29, 0.717) is 0 Å². The van der Waals surface area contributed by atoms with Crippen LogP contribution in [-0.4, -0.2) is 9.61 Å². The summed E-state index contributed by atoms with van der Waals surface area (Å²) in [5.41, 5.74) is 8.63. The zero-order valence-corrected chi connectivity index (χ0v) is 12.6. The average Bonchev–Trinajstić information content (AvgIpc) is 2.90. The maximum atomic E-state index is 6.31. The Morgan fingerprint density at radius 1 is 1.10 bits per heavy atom. The zero-order chi connectivity index (χ0) is 14.2. The maximum Gasteiger partial charge on any atom is 0.0709 e. The van der Waals surface area contributed by atoms with Gasteiger partial charge in [-0.3, -0.25) is 0 Å². The number of nitrogens with zero attached hydrogens (tertiary/aromatic N) is 2. The van der Waals surface area contributed by atoms with E-state index in [4.69, 9.17) is 5.73 Å². The van der Waals surface area contributed by atoms with Crippen molar-refractivity contribution in [2.45, 2.75) is 64.3 Å². The van der Waals surface area contributed by atoms with E-state index >= 15 is 0 Å². The summed E-state index contributed by atoms with van der Waals surface area (Å²) in [7, 11) is 0. The lowest BCUT2D eigenvalue weighted by atomic mass is 10.0. The van der Waals surface area contributed by atoms with E-state index in [9.17, 15) is 0 Å². The molecule has 0 saturated heterocycles. The number of aromatic nitrogens is 2. The first-order valence-corrected chi connectivity index (χ1v) is 8.00. The minimum Gasteiger partial charge on any atom is -0.324 e. The number of fused-ring (bicyclic) bond motifs is 1. The third-order valence-electron chi connectivity index (χ3n) is 3.97. The van der Waals surface area contributed by atoms with Crippen molar-refractivity contribution in [3.8, 4) is 0 Å². The van der Waals surface area contributed by atoms with Gasteiger partial charge in [-0.25, -0.2) is 4.52 Å². The van der Waals surface area contributed by atoms with E-state index in [-0.39, 0.29) is 6.04 Å². The molecule has 0 bridgehead atoms. The largest absolute Gasteiger partial charge is 0.324 e. The molecular formula is C17H27N3. The molecule has 2 aromatic heterocycles. The highest BCUT2D eigenvalue weighted by molar-refractivity contribution is 5.54. The van der Waals surface area contributed by atoms with Gasteiger partial charge in [0.1, 0.15) is 0 Å². The van der Waals surface area contributed by atoms with Crippen LogP contribution in [0.1, 0.15) is 69.9 Å². The van der Waals surface area contributed by atoms with Crippen LogP contribution in [0.2, 0.25) is 0 Å². The van der Waals surface area contributed by atoms with E-state index in [1.807, 2.05) is 29.0 Å². The molecule has 0 aliphatic rings. The van der Waals surface area contributed by atoms with Gasteiger partial charge >= 0.3 is 0 Å². The molecule has 3 heteroatoms. The third-order valence-corrected chi connectivity index (χ3v) is 3.97. The Morgan fingerprint density at radius 2 is 1.85 bits per heavy atom. The molecule has 0 amide bonds. The van der Waals surface area contributed by atoms with Crippen LogP contribution in [0.4, 0.5) is 0 Å². The van der Waals surface area contributed by atoms with Gasteiger partial charge in [-0.2, -0.15) is 5.10 Å². The van der Waals surface area contributed by atoms with Crippen LogP contribution in [0.5, 0.6) is 0 Å². The first-order valence-electron chi connectivity index (χ1n) is 8.00. The predicted molar refractivity (Wildman–Crippen MR) is 84.7 cm³/mol. The number of hydrogen-bond acceptors (Lipinski definition) is 2. The van der Waals surface area contributed by atoms with Crippen molar-refractivity contribution in [2.75, 3.05) is 0 Å². The molecule has 1 unspecified atom stereocenters. The van der Waals surface area contributed by atoms with Crippen LogP contribution in [0.15, 0.2) is 30.6 Å². The molecule has 0 aromatic carbocycles. The molecule has 0 radical (unpaired) electrons. The van der Waals surface area contributed by atoms with Crippen LogP contribution < -0.4 is 5.73 Å². The number of rotatable bonds is 9. The van der Waals surface area contributed by atoms with Crippen molar-refractivity contribution in [1.29, 1.82) is 0 Å². The molecule has 0 fully saturated rings. The first-order chi connectivity index (χ1) is 9.83. The van der Waals surface area contributed by atoms with Gasteiger partial charge in [0, 0.05) is 17.8 Å². The number of pyridine rings is 1. The molecule has 1 atom stereocenters. The SMILES string of the molecule is CCCCCCCCCC(N)c1cnn2ccccc12. The minimum absolute atomic E-state index is 0.116. The highest BCUT2D eigenvalue weighted by atomic mass is 15.2. The van der Waals surface area contributed by atoms with Crippen molar-refractivity contribution >= 4 is 5.52 Å². The molecule has 2 N–H and O–H groups in total. The lowest BCUT2D eigenvalue weighted by Crippen LogP contribution is -2.09. The topological polar surface area (TPSA) is 43.3 Å². The second-order valence-electron chi connectivity index (χ2n) is 5.65. The van der Waals surface area contributed by atoms with Crippen LogP contribution in [-0.2, 0) is 0 Å². The normalized spacial score (nSPS) is 12.9. The zero-order valence-electron chi connectivity index (χ0n) is 12.6. The maximum absolute atomic E-state index is 6.31. The quantitative estimate of drug-likeness (QED) is 0.685. The van der Waals surface area contributed by atoms with Gasteiger partial charge in [-0.1, -0.05) is 57.9 Å². The second-order valence-corrected chi connectivity index (χ2v) is 5.65. The van der Waals surface area contributed by atoms with Crippen molar-refractivity contribution in [2.24, 2.45) is 5.73 Å². The van der Waals surface area contributed by atoms with Crippen LogP contribution in [0.25, 0.3) is 5.52 Å². The van der Waals surface area contributed by atoms with E-state index in [1.165, 1.54) is 50.5 Å². The molecule has 20 heavy (non-hydrogen) atoms. The standard InChI is InChI=1S/C17H27N3/c1-2-3-4-5-6-7-8-11-16(18)15-14-19-20-13-10-9-12-17(15)20/h9-10,12-14,16H,2-8,11,18H2,1H3. The second kappa shape index (κ2) is 8.05. The molecule has 0 aliphatic heterocycles. The fourth-order valence-electron chi connectivity index (χ4n) is 2.72. The Balaban J connectivity index is 1.73. The van der Waals surface area contributed by atoms with Gasteiger partial charge in [0.15, 0.2) is 0 Å². The van der Waals surface area contributed by atoms with E-state index in [2.05, 4.69) is 18.1 Å². The Bertz CT molecular complexity index is 504. The molecule has 0 spiro atoms. The van der Waals surface area contributed by atoms with Gasteiger partial charge < -0.3 is 5.73 Å². The molecule has 0 aliphatic carbocycles. The monoisotopic (exact) mass is 273 g/mol. The Kier molecular flexibility index (Phi) is 6.06. The summed E-state index contributed by atoms with van der Waals surface area (Å²) in [4.78, 5) is 0. The van der Waals surface area contributed by atoms with Crippen LogP contribution in [0.3, 0.4) is 0 Å². The van der Waals surface area contributed by atoms with Crippen molar-refractivity contribution in [3.05, 3.63) is 36.2 Å². The number of nitrogens with two attached hydrogens (primary N) is 1. The van der Waals surface area contributed by atoms with Crippen LogP contribution >= 0.6 is 0 Å². The summed E-state index contributed by atoms with van der Waals surface area (Å²) in [6.07, 6.45) is 14.3. The smallest absolute Gasteiger partial charge is 0.0709 e. The Hall–Kier alpha value is -1.35. The molecule has 0 saturated carbocycles. The molecule has 2 aromatic rings. The highest BCUT2D eigenvalue weighted by Crippen LogP contribution is 2.22. The van der Waals surface area contributed by atoms with Gasteiger partial charge in [-0.05, 0) is 18.6 Å². The van der Waals surface area contributed by atoms with Crippen molar-refractivity contribution in [1.82, 2.24) is 9.61 Å². The van der Waals surface area contributed by atoms with E-state index in [1.54, 1.807) is 0 Å². The Labute approximate surface area is 122 Å². The highest BCUT2D eigenvalue weighted by Gasteiger charge is 2.11. The summed E-state index contributed by atoms with van der Waals surface area (Å²) in [6, 6.07) is 6.24. The molecule has 3 nitrogen and oxygen atoms in total. The van der Waals surface area contributed by atoms with Crippen LogP contribution in [0, 0.1) is 0 Å². The minimum atomic E-state index is 0.116.